The van der Waals surface area contributed by atoms with E-state index in [4.69, 9.17) is 4.74 Å². The predicted octanol–water partition coefficient (Wildman–Crippen LogP) is 2.03. The van der Waals surface area contributed by atoms with Gasteiger partial charge in [0, 0.05) is 18.8 Å². The number of benzene rings is 1. The Morgan fingerprint density at radius 3 is 2.79 bits per heavy atom. The number of hydrogen-bond donors (Lipinski definition) is 1. The molecule has 0 saturated carbocycles. The molecule has 0 radical (unpaired) electrons. The Balaban J connectivity index is 1.79. The molecule has 0 unspecified atom stereocenters. The van der Waals surface area contributed by atoms with Crippen LogP contribution in [0.5, 0.6) is 5.75 Å². The van der Waals surface area contributed by atoms with Gasteiger partial charge in [0.05, 0.1) is 6.61 Å². The van der Waals surface area contributed by atoms with Gasteiger partial charge in [-0.1, -0.05) is 18.2 Å². The van der Waals surface area contributed by atoms with Gasteiger partial charge in [-0.3, -0.25) is 0 Å². The average Bonchev–Trinajstić information content (AvgIpc) is 2.72. The third-order valence-electron chi connectivity index (χ3n) is 1.91. The van der Waals surface area contributed by atoms with Crippen LogP contribution >= 0.6 is 0 Å². The maximum Gasteiger partial charge on any atom is 0.119 e. The Bertz CT molecular complexity index is 356. The summed E-state index contributed by atoms with van der Waals surface area (Å²) in [6.07, 6.45) is 4.37. The third-order valence-corrected chi connectivity index (χ3v) is 1.91. The summed E-state index contributed by atoms with van der Waals surface area (Å²) in [7, 11) is 0. The van der Waals surface area contributed by atoms with Crippen molar-refractivity contribution >= 4 is 0 Å². The van der Waals surface area contributed by atoms with Gasteiger partial charge in [-0.2, -0.15) is 0 Å². The van der Waals surface area contributed by atoms with Gasteiger partial charge < -0.3 is 9.72 Å². The Labute approximate surface area is 82.8 Å². The van der Waals surface area contributed by atoms with Gasteiger partial charge in [0.15, 0.2) is 0 Å². The van der Waals surface area contributed by atoms with Crippen LogP contribution in [0.4, 0.5) is 0 Å². The number of aromatic nitrogens is 2. The van der Waals surface area contributed by atoms with E-state index in [0.29, 0.717) is 6.61 Å². The van der Waals surface area contributed by atoms with E-state index in [1.807, 2.05) is 36.5 Å². The van der Waals surface area contributed by atoms with E-state index < -0.39 is 0 Å². The summed E-state index contributed by atoms with van der Waals surface area (Å²) >= 11 is 0. The molecular weight excluding hydrogens is 176 g/mol. The molecule has 0 aliphatic heterocycles. The monoisotopic (exact) mass is 188 g/mol. The van der Waals surface area contributed by atoms with Gasteiger partial charge in [0.1, 0.15) is 11.6 Å². The molecule has 2 aromatic rings. The van der Waals surface area contributed by atoms with E-state index >= 15 is 0 Å². The predicted molar refractivity (Wildman–Crippen MR) is 54.2 cm³/mol. The first-order valence-corrected chi connectivity index (χ1v) is 4.61. The Kier molecular flexibility index (Phi) is 2.81. The maximum atomic E-state index is 5.52. The zero-order valence-corrected chi connectivity index (χ0v) is 7.81. The number of imidazole rings is 1. The number of nitrogens with zero attached hydrogens (tertiary/aromatic N) is 1. The first kappa shape index (κ1) is 8.81. The lowest BCUT2D eigenvalue weighted by Gasteiger charge is -2.03. The highest BCUT2D eigenvalue weighted by Gasteiger charge is 1.95. The van der Waals surface area contributed by atoms with Crippen LogP contribution in [0.1, 0.15) is 5.82 Å². The Morgan fingerprint density at radius 2 is 2.07 bits per heavy atom. The molecule has 0 amide bonds. The lowest BCUT2D eigenvalue weighted by atomic mass is 10.3. The van der Waals surface area contributed by atoms with Gasteiger partial charge in [-0.25, -0.2) is 4.98 Å². The normalized spacial score (nSPS) is 10.0. The van der Waals surface area contributed by atoms with Crippen molar-refractivity contribution in [2.45, 2.75) is 6.42 Å². The van der Waals surface area contributed by atoms with Crippen LogP contribution in [0.2, 0.25) is 0 Å². The van der Waals surface area contributed by atoms with Crippen LogP contribution in [0.3, 0.4) is 0 Å². The van der Waals surface area contributed by atoms with Gasteiger partial charge in [-0.15, -0.1) is 0 Å². The third kappa shape index (κ3) is 2.36. The second-order valence-corrected chi connectivity index (χ2v) is 2.95. The van der Waals surface area contributed by atoms with Gasteiger partial charge >= 0.3 is 0 Å². The molecule has 0 aliphatic carbocycles. The summed E-state index contributed by atoms with van der Waals surface area (Å²) in [5.41, 5.74) is 0. The standard InChI is InChI=1S/C11H12N2O/c1-2-4-10(5-3-1)14-9-6-11-12-7-8-13-11/h1-5,7-8H,6,9H2,(H,12,13). The number of para-hydroxylation sites is 1. The van der Waals surface area contributed by atoms with Crippen molar-refractivity contribution in [2.24, 2.45) is 0 Å². The Hall–Kier alpha value is -1.77. The summed E-state index contributed by atoms with van der Waals surface area (Å²) in [5, 5.41) is 0. The van der Waals surface area contributed by atoms with E-state index in [2.05, 4.69) is 9.97 Å². The molecule has 0 bridgehead atoms. The topological polar surface area (TPSA) is 37.9 Å². The van der Waals surface area contributed by atoms with Crippen molar-refractivity contribution in [3.63, 3.8) is 0 Å². The molecule has 72 valence electrons. The molecule has 3 nitrogen and oxygen atoms in total. The molecule has 0 aliphatic rings. The first-order chi connectivity index (χ1) is 6.95. The highest BCUT2D eigenvalue weighted by Crippen LogP contribution is 2.08. The van der Waals surface area contributed by atoms with Crippen molar-refractivity contribution in [1.29, 1.82) is 0 Å². The SMILES string of the molecule is c1ccc(OCCc2ncc[nH]2)cc1. The van der Waals surface area contributed by atoms with Gasteiger partial charge in [0.2, 0.25) is 0 Å². The fourth-order valence-corrected chi connectivity index (χ4v) is 1.22. The van der Waals surface area contributed by atoms with E-state index in [9.17, 15) is 0 Å². The lowest BCUT2D eigenvalue weighted by molar-refractivity contribution is 0.319. The molecule has 14 heavy (non-hydrogen) atoms. The molecule has 0 atom stereocenters. The molecule has 0 saturated heterocycles. The molecule has 0 fully saturated rings. The largest absolute Gasteiger partial charge is 0.493 e. The van der Waals surface area contributed by atoms with Crippen LogP contribution in [0.25, 0.3) is 0 Å². The van der Waals surface area contributed by atoms with Crippen LogP contribution < -0.4 is 4.74 Å². The summed E-state index contributed by atoms with van der Waals surface area (Å²) < 4.78 is 5.52. The number of H-pyrrole nitrogens is 1. The highest BCUT2D eigenvalue weighted by atomic mass is 16.5. The van der Waals surface area contributed by atoms with Crippen LogP contribution in [0, 0.1) is 0 Å². The second-order valence-electron chi connectivity index (χ2n) is 2.95. The van der Waals surface area contributed by atoms with E-state index in [1.165, 1.54) is 0 Å². The number of ether oxygens (including phenoxy) is 1. The molecule has 3 heteroatoms. The van der Waals surface area contributed by atoms with Crippen molar-refractivity contribution in [3.8, 4) is 5.75 Å². The fourth-order valence-electron chi connectivity index (χ4n) is 1.22. The second kappa shape index (κ2) is 4.46. The van der Waals surface area contributed by atoms with Crippen molar-refractivity contribution < 1.29 is 4.74 Å². The molecule has 2 rings (SSSR count). The number of hydrogen-bond acceptors (Lipinski definition) is 2. The summed E-state index contributed by atoms with van der Waals surface area (Å²) in [4.78, 5) is 7.14. The number of nitrogens with one attached hydrogen (secondary N) is 1. The molecular formula is C11H12N2O. The van der Waals surface area contributed by atoms with Crippen molar-refractivity contribution in [3.05, 3.63) is 48.5 Å². The summed E-state index contributed by atoms with van der Waals surface area (Å²) in [6.45, 7) is 0.650. The van der Waals surface area contributed by atoms with Crippen molar-refractivity contribution in [2.75, 3.05) is 6.61 Å². The van der Waals surface area contributed by atoms with Gasteiger partial charge in [0.25, 0.3) is 0 Å². The molecule has 1 aromatic heterocycles. The minimum atomic E-state index is 0.650. The van der Waals surface area contributed by atoms with Crippen molar-refractivity contribution in [1.82, 2.24) is 9.97 Å². The molecule has 0 spiro atoms. The maximum absolute atomic E-state index is 5.52. The van der Waals surface area contributed by atoms with Crippen LogP contribution in [-0.4, -0.2) is 16.6 Å². The quantitative estimate of drug-likeness (QED) is 0.797. The Morgan fingerprint density at radius 1 is 1.21 bits per heavy atom. The minimum Gasteiger partial charge on any atom is -0.493 e. The lowest BCUT2D eigenvalue weighted by Crippen LogP contribution is -2.02. The number of rotatable bonds is 4. The van der Waals surface area contributed by atoms with Gasteiger partial charge in [-0.05, 0) is 12.1 Å². The fraction of sp³-hybridized carbons (Fsp3) is 0.182. The molecule has 1 heterocycles. The molecule has 1 aromatic carbocycles. The van der Waals surface area contributed by atoms with E-state index in [-0.39, 0.29) is 0 Å². The minimum absolute atomic E-state index is 0.650. The smallest absolute Gasteiger partial charge is 0.119 e. The van der Waals surface area contributed by atoms with E-state index in [1.54, 1.807) is 6.20 Å². The van der Waals surface area contributed by atoms with Crippen LogP contribution in [-0.2, 0) is 6.42 Å². The first-order valence-electron chi connectivity index (χ1n) is 4.61. The van der Waals surface area contributed by atoms with E-state index in [0.717, 1.165) is 18.0 Å². The zero-order chi connectivity index (χ0) is 9.64. The summed E-state index contributed by atoms with van der Waals surface area (Å²) in [5.74, 6) is 1.86. The average molecular weight is 188 g/mol. The zero-order valence-electron chi connectivity index (χ0n) is 7.81. The van der Waals surface area contributed by atoms with Crippen LogP contribution in [0.15, 0.2) is 42.7 Å². The highest BCUT2D eigenvalue weighted by molar-refractivity contribution is 5.20. The number of aromatic amines is 1. The molecule has 1 N–H and O–H groups in total. The summed E-state index contributed by atoms with van der Waals surface area (Å²) in [6, 6.07) is 9.79.